The lowest BCUT2D eigenvalue weighted by Gasteiger charge is -2.19. The van der Waals surface area contributed by atoms with Crippen LogP contribution in [0.25, 0.3) is 10.9 Å². The summed E-state index contributed by atoms with van der Waals surface area (Å²) < 4.78 is 56.6. The van der Waals surface area contributed by atoms with Gasteiger partial charge in [0.2, 0.25) is 5.91 Å². The van der Waals surface area contributed by atoms with E-state index in [0.29, 0.717) is 22.3 Å². The molecule has 0 spiro atoms. The highest BCUT2D eigenvalue weighted by molar-refractivity contribution is 5.80. The molecule has 1 N–H and O–H groups in total. The van der Waals surface area contributed by atoms with Crippen LogP contribution < -0.4 is 10.7 Å². The molecule has 2 aromatic heterocycles. The van der Waals surface area contributed by atoms with Crippen molar-refractivity contribution in [3.05, 3.63) is 57.6 Å². The van der Waals surface area contributed by atoms with E-state index in [1.165, 1.54) is 16.8 Å². The number of aryl methyl sites for hydroxylation is 2. The minimum atomic E-state index is -4.87. The highest BCUT2D eigenvalue weighted by atomic mass is 19.4. The van der Waals surface area contributed by atoms with Gasteiger partial charge in [-0.3, -0.25) is 9.59 Å². The number of aromatic nitrogens is 4. The van der Waals surface area contributed by atoms with Crippen LogP contribution in [0.4, 0.5) is 17.6 Å². The van der Waals surface area contributed by atoms with Crippen LogP contribution in [0.1, 0.15) is 17.3 Å². The van der Waals surface area contributed by atoms with Gasteiger partial charge < -0.3 is 9.88 Å². The maximum atomic E-state index is 14.3. The molecule has 154 valence electrons. The Labute approximate surface area is 162 Å². The summed E-state index contributed by atoms with van der Waals surface area (Å²) in [5.41, 5.74) is -2.66. The van der Waals surface area contributed by atoms with Crippen LogP contribution in [0.5, 0.6) is 0 Å². The zero-order valence-corrected chi connectivity index (χ0v) is 15.5. The number of para-hydroxylation sites is 1. The fraction of sp³-hybridized carbons (Fsp3) is 0.333. The lowest BCUT2D eigenvalue weighted by Crippen LogP contribution is -2.33. The molecule has 29 heavy (non-hydrogen) atoms. The highest BCUT2D eigenvalue weighted by Crippen LogP contribution is 2.31. The van der Waals surface area contributed by atoms with Gasteiger partial charge in [0, 0.05) is 24.5 Å². The fourth-order valence-corrected chi connectivity index (χ4v) is 3.07. The number of nitrogens with one attached hydrogen (secondary N) is 1. The first kappa shape index (κ1) is 20.5. The Balaban J connectivity index is 1.85. The molecule has 1 amide bonds. The van der Waals surface area contributed by atoms with E-state index in [9.17, 15) is 27.2 Å². The number of halogens is 4. The maximum absolute atomic E-state index is 14.3. The predicted octanol–water partition coefficient (Wildman–Crippen LogP) is 2.18. The van der Waals surface area contributed by atoms with Crippen molar-refractivity contribution in [2.75, 3.05) is 6.54 Å². The summed E-state index contributed by atoms with van der Waals surface area (Å²) in [6.07, 6.45) is -4.87. The number of nitrogens with zero attached hydrogens (tertiary/aromatic N) is 4. The molecule has 0 aliphatic rings. The molecule has 0 atom stereocenters. The quantitative estimate of drug-likeness (QED) is 0.653. The first-order chi connectivity index (χ1) is 13.6. The molecular formula is C18H17F4N5O2. The molecule has 0 unspecified atom stereocenters. The topological polar surface area (TPSA) is 81.8 Å². The summed E-state index contributed by atoms with van der Waals surface area (Å²) in [4.78, 5) is 28.1. The van der Waals surface area contributed by atoms with E-state index in [0.717, 1.165) is 6.07 Å². The number of benzene rings is 1. The van der Waals surface area contributed by atoms with Gasteiger partial charge in [-0.15, -0.1) is 0 Å². The van der Waals surface area contributed by atoms with Gasteiger partial charge >= 0.3 is 6.18 Å². The van der Waals surface area contributed by atoms with E-state index in [4.69, 9.17) is 0 Å². The molecule has 0 aliphatic heterocycles. The standard InChI is InChI=1S/C18H17F4N5O2/c1-10-24-11(2)27(25-10)9-16(29)23-6-7-26-15(18(20,21)22)8-14(28)12-4-3-5-13(19)17(12)26/h3-5,8H,6-7,9H2,1-2H3,(H,23,29). The third kappa shape index (κ3) is 4.28. The van der Waals surface area contributed by atoms with E-state index >= 15 is 0 Å². The monoisotopic (exact) mass is 411 g/mol. The second-order valence-corrected chi connectivity index (χ2v) is 6.39. The summed E-state index contributed by atoms with van der Waals surface area (Å²) in [5, 5.41) is 6.34. The molecule has 0 saturated carbocycles. The lowest BCUT2D eigenvalue weighted by atomic mass is 10.1. The number of carbonyl (C=O) groups excluding carboxylic acids is 1. The van der Waals surface area contributed by atoms with Crippen molar-refractivity contribution >= 4 is 16.8 Å². The molecule has 0 aliphatic carbocycles. The van der Waals surface area contributed by atoms with E-state index in [2.05, 4.69) is 15.4 Å². The molecule has 1 aromatic carbocycles. The Morgan fingerprint density at radius 2 is 1.97 bits per heavy atom. The zero-order valence-electron chi connectivity index (χ0n) is 15.5. The van der Waals surface area contributed by atoms with Gasteiger partial charge in [-0.05, 0) is 26.0 Å². The summed E-state index contributed by atoms with van der Waals surface area (Å²) in [7, 11) is 0. The van der Waals surface area contributed by atoms with Gasteiger partial charge in [-0.1, -0.05) is 6.07 Å². The summed E-state index contributed by atoms with van der Waals surface area (Å²) in [6, 6.07) is 3.92. The van der Waals surface area contributed by atoms with Crippen molar-refractivity contribution in [2.24, 2.45) is 0 Å². The first-order valence-corrected chi connectivity index (χ1v) is 8.62. The van der Waals surface area contributed by atoms with Gasteiger partial charge in [0.1, 0.15) is 29.7 Å². The number of hydrogen-bond acceptors (Lipinski definition) is 4. The lowest BCUT2D eigenvalue weighted by molar-refractivity contribution is -0.143. The van der Waals surface area contributed by atoms with Crippen LogP contribution >= 0.6 is 0 Å². The van der Waals surface area contributed by atoms with Crippen LogP contribution in [0.2, 0.25) is 0 Å². The number of rotatable bonds is 5. The van der Waals surface area contributed by atoms with Crippen molar-refractivity contribution in [3.8, 4) is 0 Å². The van der Waals surface area contributed by atoms with Crippen molar-refractivity contribution in [2.45, 2.75) is 33.1 Å². The summed E-state index contributed by atoms with van der Waals surface area (Å²) >= 11 is 0. The normalized spacial score (nSPS) is 11.8. The molecule has 11 heteroatoms. The Hall–Kier alpha value is -3.24. The molecule has 0 bridgehead atoms. The van der Waals surface area contributed by atoms with E-state index in [1.54, 1.807) is 13.8 Å². The van der Waals surface area contributed by atoms with Crippen molar-refractivity contribution < 1.29 is 22.4 Å². The minimum absolute atomic E-state index is 0.155. The maximum Gasteiger partial charge on any atom is 0.431 e. The second-order valence-electron chi connectivity index (χ2n) is 6.39. The number of amides is 1. The average Bonchev–Trinajstić information content (AvgIpc) is 2.93. The van der Waals surface area contributed by atoms with Crippen LogP contribution in [0.3, 0.4) is 0 Å². The Morgan fingerprint density at radius 3 is 2.59 bits per heavy atom. The molecule has 0 fully saturated rings. The number of alkyl halides is 3. The predicted molar refractivity (Wildman–Crippen MR) is 95.7 cm³/mol. The van der Waals surface area contributed by atoms with Gasteiger partial charge in [-0.25, -0.2) is 14.1 Å². The fourth-order valence-electron chi connectivity index (χ4n) is 3.07. The number of pyridine rings is 1. The SMILES string of the molecule is Cc1nc(C)n(CC(=O)NCCn2c(C(F)(F)F)cc(=O)c3cccc(F)c32)n1. The molecule has 3 aromatic rings. The third-order valence-corrected chi connectivity index (χ3v) is 4.28. The zero-order chi connectivity index (χ0) is 21.3. The minimum Gasteiger partial charge on any atom is -0.353 e. The summed E-state index contributed by atoms with van der Waals surface area (Å²) in [6.45, 7) is 2.58. The molecule has 3 rings (SSSR count). The van der Waals surface area contributed by atoms with Crippen LogP contribution in [-0.4, -0.2) is 31.8 Å². The van der Waals surface area contributed by atoms with Gasteiger partial charge in [0.15, 0.2) is 5.43 Å². The number of fused-ring (bicyclic) bond motifs is 1. The second kappa shape index (κ2) is 7.64. The van der Waals surface area contributed by atoms with Crippen molar-refractivity contribution in [1.29, 1.82) is 0 Å². The largest absolute Gasteiger partial charge is 0.431 e. The summed E-state index contributed by atoms with van der Waals surface area (Å²) in [5.74, 6) is -0.436. The Kier molecular flexibility index (Phi) is 5.40. The molecular weight excluding hydrogens is 394 g/mol. The first-order valence-electron chi connectivity index (χ1n) is 8.62. The van der Waals surface area contributed by atoms with E-state index in [1.807, 2.05) is 0 Å². The highest BCUT2D eigenvalue weighted by Gasteiger charge is 2.35. The van der Waals surface area contributed by atoms with Gasteiger partial charge in [-0.2, -0.15) is 18.3 Å². The number of carbonyl (C=O) groups is 1. The van der Waals surface area contributed by atoms with E-state index in [-0.39, 0.29) is 25.0 Å². The van der Waals surface area contributed by atoms with Crippen LogP contribution in [0.15, 0.2) is 29.1 Å². The third-order valence-electron chi connectivity index (χ3n) is 4.28. The van der Waals surface area contributed by atoms with Gasteiger partial charge in [0.25, 0.3) is 0 Å². The molecule has 0 saturated heterocycles. The Bertz CT molecular complexity index is 1130. The Morgan fingerprint density at radius 1 is 1.24 bits per heavy atom. The molecule has 2 heterocycles. The van der Waals surface area contributed by atoms with Crippen LogP contribution in [0, 0.1) is 19.7 Å². The number of hydrogen-bond donors (Lipinski definition) is 1. The van der Waals surface area contributed by atoms with Crippen molar-refractivity contribution in [3.63, 3.8) is 0 Å². The molecule has 7 nitrogen and oxygen atoms in total. The van der Waals surface area contributed by atoms with Gasteiger partial charge in [0.05, 0.1) is 5.52 Å². The van der Waals surface area contributed by atoms with Crippen LogP contribution in [-0.2, 0) is 24.1 Å². The van der Waals surface area contributed by atoms with Crippen molar-refractivity contribution in [1.82, 2.24) is 24.6 Å². The molecule has 0 radical (unpaired) electrons. The average molecular weight is 411 g/mol. The van der Waals surface area contributed by atoms with E-state index < -0.39 is 34.5 Å². The smallest absolute Gasteiger partial charge is 0.353 e.